The fourth-order valence-electron chi connectivity index (χ4n) is 5.63. The Morgan fingerprint density at radius 3 is 2.21 bits per heavy atom. The van der Waals surface area contributed by atoms with Crippen LogP contribution in [0, 0.1) is 11.3 Å². The standard InChI is InChI=1S/C31H41N3O4/c1-31(2,3)24-13-15-25(16-14-24)34(30(38)33-27-19-26(27)22-7-5-4-6-8-22)20-21-9-11-23(12-10-21)29(37)32-18-17-28(35)36/h4-12,24-27H,13-20H2,1-3H3,(H,32,37)(H,33,38)(H,35,36). The lowest BCUT2D eigenvalue weighted by atomic mass is 9.71. The molecule has 7 heteroatoms. The quantitative estimate of drug-likeness (QED) is 0.404. The van der Waals surface area contributed by atoms with Crippen molar-refractivity contribution >= 4 is 17.9 Å². The van der Waals surface area contributed by atoms with Crippen LogP contribution in [0.1, 0.15) is 86.7 Å². The van der Waals surface area contributed by atoms with E-state index in [-0.39, 0.29) is 42.4 Å². The molecule has 38 heavy (non-hydrogen) atoms. The minimum absolute atomic E-state index is 0.0110. The molecular weight excluding hydrogens is 478 g/mol. The maximum atomic E-state index is 13.6. The molecule has 2 unspecified atom stereocenters. The van der Waals surface area contributed by atoms with Gasteiger partial charge in [-0.2, -0.15) is 0 Å². The third-order valence-corrected chi connectivity index (χ3v) is 8.14. The van der Waals surface area contributed by atoms with Crippen LogP contribution < -0.4 is 10.6 Å². The molecule has 0 aliphatic heterocycles. The number of carbonyl (C=O) groups excluding carboxylic acids is 2. The summed E-state index contributed by atoms with van der Waals surface area (Å²) in [4.78, 5) is 38.6. The molecule has 0 bridgehead atoms. The van der Waals surface area contributed by atoms with Crippen LogP contribution in [-0.4, -0.2) is 46.5 Å². The number of carboxylic acids is 1. The Morgan fingerprint density at radius 2 is 1.61 bits per heavy atom. The lowest BCUT2D eigenvalue weighted by molar-refractivity contribution is -0.136. The van der Waals surface area contributed by atoms with E-state index in [0.717, 1.165) is 37.7 Å². The van der Waals surface area contributed by atoms with Crippen LogP contribution in [-0.2, 0) is 11.3 Å². The second kappa shape index (κ2) is 12.0. The zero-order chi connectivity index (χ0) is 27.3. The number of rotatable bonds is 9. The summed E-state index contributed by atoms with van der Waals surface area (Å²) in [6.45, 7) is 7.49. The van der Waals surface area contributed by atoms with Gasteiger partial charge in [-0.15, -0.1) is 0 Å². The molecule has 3 amide bonds. The van der Waals surface area contributed by atoms with Crippen LogP contribution in [0.5, 0.6) is 0 Å². The highest BCUT2D eigenvalue weighted by Gasteiger charge is 2.41. The van der Waals surface area contributed by atoms with Crippen molar-refractivity contribution in [3.8, 4) is 0 Å². The maximum Gasteiger partial charge on any atom is 0.318 e. The molecule has 2 aromatic rings. The van der Waals surface area contributed by atoms with Crippen LogP contribution >= 0.6 is 0 Å². The molecule has 0 saturated heterocycles. The van der Waals surface area contributed by atoms with Crippen molar-refractivity contribution in [2.24, 2.45) is 11.3 Å². The number of urea groups is 1. The Hall–Kier alpha value is -3.35. The normalized spacial score (nSPS) is 22.8. The molecule has 204 valence electrons. The third-order valence-electron chi connectivity index (χ3n) is 8.14. The summed E-state index contributed by atoms with van der Waals surface area (Å²) in [6, 6.07) is 17.9. The second-order valence-electron chi connectivity index (χ2n) is 11.9. The van der Waals surface area contributed by atoms with E-state index < -0.39 is 5.97 Å². The summed E-state index contributed by atoms with van der Waals surface area (Å²) >= 11 is 0. The Bertz CT molecular complexity index is 1100. The largest absolute Gasteiger partial charge is 0.481 e. The molecule has 0 radical (unpaired) electrons. The van der Waals surface area contributed by atoms with Crippen molar-refractivity contribution in [2.45, 2.75) is 83.8 Å². The minimum Gasteiger partial charge on any atom is -0.481 e. The van der Waals surface area contributed by atoms with Gasteiger partial charge in [-0.3, -0.25) is 9.59 Å². The van der Waals surface area contributed by atoms with Crippen LogP contribution in [0.15, 0.2) is 54.6 Å². The molecule has 2 fully saturated rings. The predicted molar refractivity (Wildman–Crippen MR) is 148 cm³/mol. The fraction of sp³-hybridized carbons (Fsp3) is 0.516. The first kappa shape index (κ1) is 27.7. The zero-order valence-corrected chi connectivity index (χ0v) is 22.8. The molecule has 0 heterocycles. The van der Waals surface area contributed by atoms with Gasteiger partial charge in [-0.25, -0.2) is 4.79 Å². The van der Waals surface area contributed by atoms with Gasteiger partial charge >= 0.3 is 12.0 Å². The second-order valence-corrected chi connectivity index (χ2v) is 11.9. The number of aliphatic carboxylic acids is 1. The summed E-state index contributed by atoms with van der Waals surface area (Å²) in [5.41, 5.74) is 2.99. The Balaban J connectivity index is 1.41. The van der Waals surface area contributed by atoms with E-state index in [1.54, 1.807) is 12.1 Å². The van der Waals surface area contributed by atoms with Gasteiger partial charge in [0.2, 0.25) is 0 Å². The summed E-state index contributed by atoms with van der Waals surface area (Å²) in [5.74, 6) is -0.212. The van der Waals surface area contributed by atoms with Crippen LogP contribution in [0.4, 0.5) is 4.79 Å². The fourth-order valence-corrected chi connectivity index (χ4v) is 5.63. The van der Waals surface area contributed by atoms with Crippen molar-refractivity contribution in [1.29, 1.82) is 0 Å². The Morgan fingerprint density at radius 1 is 0.947 bits per heavy atom. The highest BCUT2D eigenvalue weighted by molar-refractivity contribution is 5.94. The van der Waals surface area contributed by atoms with Crippen molar-refractivity contribution in [3.05, 3.63) is 71.3 Å². The highest BCUT2D eigenvalue weighted by atomic mass is 16.4. The van der Waals surface area contributed by atoms with E-state index in [9.17, 15) is 14.4 Å². The molecule has 2 saturated carbocycles. The number of nitrogens with one attached hydrogen (secondary N) is 2. The van der Waals surface area contributed by atoms with E-state index in [0.29, 0.717) is 23.9 Å². The average Bonchev–Trinajstić information content (AvgIpc) is 3.66. The number of amides is 3. The van der Waals surface area contributed by atoms with Gasteiger partial charge in [0.1, 0.15) is 0 Å². The number of nitrogens with zero attached hydrogens (tertiary/aromatic N) is 1. The van der Waals surface area contributed by atoms with Gasteiger partial charge in [0.25, 0.3) is 5.91 Å². The van der Waals surface area contributed by atoms with Gasteiger partial charge in [-0.05, 0) is 66.7 Å². The minimum atomic E-state index is -0.947. The van der Waals surface area contributed by atoms with E-state index in [1.807, 2.05) is 35.2 Å². The Labute approximate surface area is 226 Å². The number of benzene rings is 2. The molecular formula is C31H41N3O4. The molecule has 0 aromatic heterocycles. The summed E-state index contributed by atoms with van der Waals surface area (Å²) in [6.07, 6.45) is 5.06. The first-order valence-electron chi connectivity index (χ1n) is 13.8. The van der Waals surface area contributed by atoms with E-state index in [4.69, 9.17) is 5.11 Å². The summed E-state index contributed by atoms with van der Waals surface area (Å²) in [7, 11) is 0. The van der Waals surface area contributed by atoms with Gasteiger partial charge < -0.3 is 20.6 Å². The van der Waals surface area contributed by atoms with Crippen molar-refractivity contribution in [2.75, 3.05) is 6.54 Å². The maximum absolute atomic E-state index is 13.6. The predicted octanol–water partition coefficient (Wildman–Crippen LogP) is 5.56. The van der Waals surface area contributed by atoms with Gasteiger partial charge in [-0.1, -0.05) is 63.2 Å². The molecule has 4 rings (SSSR count). The highest BCUT2D eigenvalue weighted by Crippen LogP contribution is 2.42. The van der Waals surface area contributed by atoms with Crippen molar-refractivity contribution in [3.63, 3.8) is 0 Å². The topological polar surface area (TPSA) is 98.7 Å². The van der Waals surface area contributed by atoms with Crippen LogP contribution in [0.2, 0.25) is 0 Å². The average molecular weight is 520 g/mol. The number of hydrogen-bond donors (Lipinski definition) is 3. The van der Waals surface area contributed by atoms with Crippen molar-refractivity contribution in [1.82, 2.24) is 15.5 Å². The van der Waals surface area contributed by atoms with Crippen LogP contribution in [0.3, 0.4) is 0 Å². The summed E-state index contributed by atoms with van der Waals surface area (Å²) in [5, 5.41) is 14.7. The van der Waals surface area contributed by atoms with Gasteiger partial charge in [0.15, 0.2) is 0 Å². The van der Waals surface area contributed by atoms with E-state index in [2.05, 4.69) is 43.5 Å². The number of carbonyl (C=O) groups is 3. The van der Waals surface area contributed by atoms with E-state index >= 15 is 0 Å². The molecule has 2 aromatic carbocycles. The Kier molecular flexibility index (Phi) is 8.75. The van der Waals surface area contributed by atoms with E-state index in [1.165, 1.54) is 5.56 Å². The molecule has 2 atom stereocenters. The SMILES string of the molecule is CC(C)(C)C1CCC(N(Cc2ccc(C(=O)NCCC(=O)O)cc2)C(=O)NC2CC2c2ccccc2)CC1. The third kappa shape index (κ3) is 7.36. The molecule has 2 aliphatic carbocycles. The molecule has 2 aliphatic rings. The lowest BCUT2D eigenvalue weighted by Crippen LogP contribution is -2.48. The van der Waals surface area contributed by atoms with Crippen molar-refractivity contribution < 1.29 is 19.5 Å². The molecule has 3 N–H and O–H groups in total. The molecule has 0 spiro atoms. The van der Waals surface area contributed by atoms with Gasteiger partial charge in [0.05, 0.1) is 6.42 Å². The van der Waals surface area contributed by atoms with Gasteiger partial charge in [0, 0.05) is 36.7 Å². The number of carboxylic acid groups (broad SMARTS) is 1. The molecule has 7 nitrogen and oxygen atoms in total. The zero-order valence-electron chi connectivity index (χ0n) is 22.8. The first-order valence-corrected chi connectivity index (χ1v) is 13.8. The van der Waals surface area contributed by atoms with Crippen LogP contribution in [0.25, 0.3) is 0 Å². The number of hydrogen-bond acceptors (Lipinski definition) is 3. The smallest absolute Gasteiger partial charge is 0.318 e. The lowest BCUT2D eigenvalue weighted by Gasteiger charge is -2.41. The monoisotopic (exact) mass is 519 g/mol. The summed E-state index contributed by atoms with van der Waals surface area (Å²) < 4.78 is 0. The first-order chi connectivity index (χ1) is 18.1.